The van der Waals surface area contributed by atoms with Crippen LogP contribution in [0.15, 0.2) is 78.9 Å². The second kappa shape index (κ2) is 9.54. The van der Waals surface area contributed by atoms with E-state index in [4.69, 9.17) is 11.6 Å². The van der Waals surface area contributed by atoms with Crippen molar-refractivity contribution in [3.8, 4) is 0 Å². The predicted molar refractivity (Wildman–Crippen MR) is 126 cm³/mol. The zero-order valence-corrected chi connectivity index (χ0v) is 19.2. The van der Waals surface area contributed by atoms with Crippen LogP contribution >= 0.6 is 11.6 Å². The van der Waals surface area contributed by atoms with E-state index in [0.29, 0.717) is 10.7 Å². The van der Waals surface area contributed by atoms with Crippen molar-refractivity contribution < 1.29 is 13.2 Å². The highest BCUT2D eigenvalue weighted by Gasteiger charge is 2.31. The van der Waals surface area contributed by atoms with Gasteiger partial charge in [0.15, 0.2) is 0 Å². The zero-order valence-electron chi connectivity index (χ0n) is 17.6. The van der Waals surface area contributed by atoms with Crippen molar-refractivity contribution in [3.05, 3.63) is 101 Å². The highest BCUT2D eigenvalue weighted by molar-refractivity contribution is 7.92. The van der Waals surface area contributed by atoms with Crippen LogP contribution in [0.3, 0.4) is 0 Å². The van der Waals surface area contributed by atoms with Crippen molar-refractivity contribution >= 4 is 33.2 Å². The summed E-state index contributed by atoms with van der Waals surface area (Å²) >= 11 is 5.94. The van der Waals surface area contributed by atoms with Crippen LogP contribution in [0.5, 0.6) is 0 Å². The zero-order chi connectivity index (χ0) is 22.6. The molecule has 31 heavy (non-hydrogen) atoms. The Morgan fingerprint density at radius 3 is 2.10 bits per heavy atom. The number of nitrogens with zero attached hydrogens (tertiary/aromatic N) is 1. The maximum Gasteiger partial charge on any atom is 0.244 e. The Labute approximate surface area is 188 Å². The van der Waals surface area contributed by atoms with Crippen molar-refractivity contribution in [2.75, 3.05) is 10.6 Å². The average Bonchev–Trinajstić information content (AvgIpc) is 2.73. The minimum absolute atomic E-state index is 0.377. The van der Waals surface area contributed by atoms with Gasteiger partial charge in [-0.2, -0.15) is 0 Å². The van der Waals surface area contributed by atoms with E-state index in [1.54, 1.807) is 31.2 Å². The van der Waals surface area contributed by atoms with E-state index >= 15 is 0 Å². The van der Waals surface area contributed by atoms with E-state index in [9.17, 15) is 13.2 Å². The molecule has 5 nitrogen and oxygen atoms in total. The number of halogens is 1. The largest absolute Gasteiger partial charge is 0.343 e. The van der Waals surface area contributed by atoms with Gasteiger partial charge in [0.25, 0.3) is 0 Å². The number of anilines is 1. The van der Waals surface area contributed by atoms with Crippen molar-refractivity contribution in [1.29, 1.82) is 0 Å². The van der Waals surface area contributed by atoms with E-state index in [-0.39, 0.29) is 0 Å². The minimum Gasteiger partial charge on any atom is -0.343 e. The molecule has 2 unspecified atom stereocenters. The van der Waals surface area contributed by atoms with Gasteiger partial charge in [-0.05, 0) is 54.8 Å². The topological polar surface area (TPSA) is 66.5 Å². The maximum absolute atomic E-state index is 13.3. The summed E-state index contributed by atoms with van der Waals surface area (Å²) in [6.45, 7) is 3.56. The van der Waals surface area contributed by atoms with Gasteiger partial charge in [-0.1, -0.05) is 66.2 Å². The second-order valence-electron chi connectivity index (χ2n) is 7.42. The number of amides is 1. The highest BCUT2D eigenvalue weighted by atomic mass is 35.5. The molecule has 1 N–H and O–H groups in total. The Bertz CT molecular complexity index is 1150. The average molecular weight is 457 g/mol. The highest BCUT2D eigenvalue weighted by Crippen LogP contribution is 2.27. The lowest BCUT2D eigenvalue weighted by molar-refractivity contribution is -0.122. The summed E-state index contributed by atoms with van der Waals surface area (Å²) in [5.74, 6) is -0.405. The molecule has 3 rings (SSSR count). The molecule has 0 bridgehead atoms. The smallest absolute Gasteiger partial charge is 0.244 e. The summed E-state index contributed by atoms with van der Waals surface area (Å²) in [4.78, 5) is 13.3. The third-order valence-corrected chi connectivity index (χ3v) is 6.58. The molecule has 0 saturated carbocycles. The minimum atomic E-state index is -3.72. The summed E-state index contributed by atoms with van der Waals surface area (Å²) in [6, 6.07) is 22.4. The van der Waals surface area contributed by atoms with Gasteiger partial charge in [0, 0.05) is 5.02 Å². The fourth-order valence-corrected chi connectivity index (χ4v) is 4.86. The van der Waals surface area contributed by atoms with E-state index in [1.165, 1.54) is 0 Å². The third-order valence-electron chi connectivity index (χ3n) is 5.09. The van der Waals surface area contributed by atoms with Crippen molar-refractivity contribution in [3.63, 3.8) is 0 Å². The Balaban J connectivity index is 1.96. The summed E-state index contributed by atoms with van der Waals surface area (Å²) in [5, 5.41) is 3.54. The van der Waals surface area contributed by atoms with Gasteiger partial charge in [-0.3, -0.25) is 9.10 Å². The van der Waals surface area contributed by atoms with Gasteiger partial charge in [0.1, 0.15) is 6.04 Å². The van der Waals surface area contributed by atoms with Crippen LogP contribution in [0.4, 0.5) is 5.69 Å². The van der Waals surface area contributed by atoms with Crippen LogP contribution < -0.4 is 9.62 Å². The SMILES string of the molecule is Cc1ccccc1C(NC(=O)C(C)N(c1ccc(Cl)cc1)S(C)(=O)=O)c1ccccc1. The van der Waals surface area contributed by atoms with E-state index in [1.807, 2.05) is 61.5 Å². The predicted octanol–water partition coefficient (Wildman–Crippen LogP) is 4.71. The molecule has 0 aliphatic carbocycles. The molecule has 0 aliphatic rings. The monoisotopic (exact) mass is 456 g/mol. The first kappa shape index (κ1) is 22.8. The normalized spacial score (nSPS) is 13.3. The molecule has 1 amide bonds. The van der Waals surface area contributed by atoms with Gasteiger partial charge in [-0.15, -0.1) is 0 Å². The molecule has 0 fully saturated rings. The van der Waals surface area contributed by atoms with Crippen molar-refractivity contribution in [2.45, 2.75) is 25.9 Å². The molecule has 0 aromatic heterocycles. The van der Waals surface area contributed by atoms with Crippen LogP contribution in [0.25, 0.3) is 0 Å². The molecular weight excluding hydrogens is 432 g/mol. The standard InChI is InChI=1S/C24H25ClN2O3S/c1-17-9-7-8-12-22(17)23(19-10-5-4-6-11-19)26-24(28)18(2)27(31(3,29)30)21-15-13-20(25)14-16-21/h4-16,18,23H,1-3H3,(H,26,28). The number of hydrogen-bond acceptors (Lipinski definition) is 3. The number of carbonyl (C=O) groups is 1. The number of benzene rings is 3. The fourth-order valence-electron chi connectivity index (χ4n) is 3.56. The van der Waals surface area contributed by atoms with Gasteiger partial charge >= 0.3 is 0 Å². The second-order valence-corrected chi connectivity index (χ2v) is 9.72. The number of nitrogens with one attached hydrogen (secondary N) is 1. The first-order valence-electron chi connectivity index (χ1n) is 9.84. The number of aryl methyl sites for hydroxylation is 1. The molecule has 0 aliphatic heterocycles. The quantitative estimate of drug-likeness (QED) is 0.560. The fraction of sp³-hybridized carbons (Fsp3) is 0.208. The van der Waals surface area contributed by atoms with Gasteiger partial charge in [-0.25, -0.2) is 8.42 Å². The van der Waals surface area contributed by atoms with Gasteiger partial charge in [0.05, 0.1) is 18.0 Å². The Hall–Kier alpha value is -2.83. The van der Waals surface area contributed by atoms with Crippen LogP contribution in [-0.2, 0) is 14.8 Å². The summed E-state index contributed by atoms with van der Waals surface area (Å²) < 4.78 is 26.2. The van der Waals surface area contributed by atoms with Gasteiger partial charge in [0.2, 0.25) is 15.9 Å². The maximum atomic E-state index is 13.3. The number of rotatable bonds is 7. The van der Waals surface area contributed by atoms with Gasteiger partial charge < -0.3 is 5.32 Å². The Kier molecular flexibility index (Phi) is 7.03. The molecule has 0 saturated heterocycles. The molecule has 7 heteroatoms. The molecule has 0 radical (unpaired) electrons. The summed E-state index contributed by atoms with van der Waals surface area (Å²) in [5.41, 5.74) is 3.27. The number of sulfonamides is 1. The van der Waals surface area contributed by atoms with E-state index in [2.05, 4.69) is 5.32 Å². The number of carbonyl (C=O) groups excluding carboxylic acids is 1. The Morgan fingerprint density at radius 2 is 1.52 bits per heavy atom. The lowest BCUT2D eigenvalue weighted by Crippen LogP contribution is -2.48. The molecule has 3 aromatic rings. The molecule has 0 heterocycles. The molecule has 2 atom stereocenters. The van der Waals surface area contributed by atoms with E-state index in [0.717, 1.165) is 27.3 Å². The lowest BCUT2D eigenvalue weighted by atomic mass is 9.94. The van der Waals surface area contributed by atoms with Crippen molar-refractivity contribution in [1.82, 2.24) is 5.32 Å². The van der Waals surface area contributed by atoms with E-state index < -0.39 is 28.0 Å². The van der Waals surface area contributed by atoms with Crippen molar-refractivity contribution in [2.24, 2.45) is 0 Å². The molecule has 0 spiro atoms. The lowest BCUT2D eigenvalue weighted by Gasteiger charge is -2.30. The first-order chi connectivity index (χ1) is 14.7. The Morgan fingerprint density at radius 1 is 0.935 bits per heavy atom. The summed E-state index contributed by atoms with van der Waals surface area (Å²) in [7, 11) is -3.72. The van der Waals surface area contributed by atoms with Crippen LogP contribution in [-0.4, -0.2) is 26.6 Å². The first-order valence-corrected chi connectivity index (χ1v) is 12.1. The van der Waals surface area contributed by atoms with Crippen LogP contribution in [0.1, 0.15) is 29.7 Å². The molecule has 3 aromatic carbocycles. The molecule has 162 valence electrons. The van der Waals surface area contributed by atoms with Crippen LogP contribution in [0.2, 0.25) is 5.02 Å². The number of hydrogen-bond donors (Lipinski definition) is 1. The summed E-state index contributed by atoms with van der Waals surface area (Å²) in [6.07, 6.45) is 1.08. The van der Waals surface area contributed by atoms with Crippen LogP contribution in [0, 0.1) is 6.92 Å². The third kappa shape index (κ3) is 5.46. The molecular formula is C24H25ClN2O3S.